The maximum absolute atomic E-state index is 6.46. The Bertz CT molecular complexity index is 1110. The van der Waals surface area contributed by atoms with E-state index in [0.717, 1.165) is 40.3 Å². The summed E-state index contributed by atoms with van der Waals surface area (Å²) in [6.07, 6.45) is 5.58. The summed E-state index contributed by atoms with van der Waals surface area (Å²) in [4.78, 5) is 0. The van der Waals surface area contributed by atoms with Crippen LogP contribution in [0.15, 0.2) is 59.2 Å². The molecular formula is C21H17BrClN3. The van der Waals surface area contributed by atoms with Crippen LogP contribution in [-0.4, -0.2) is 14.2 Å². The SMILES string of the molecule is Clc1ccccc1-c1nn2cc(-c3ccc(Br)cc3)c3c2n1CCCC3. The van der Waals surface area contributed by atoms with Crippen molar-refractivity contribution in [2.45, 2.75) is 25.8 Å². The van der Waals surface area contributed by atoms with Gasteiger partial charge in [-0.3, -0.25) is 0 Å². The lowest BCUT2D eigenvalue weighted by atomic mass is 10.0. The molecule has 0 bridgehead atoms. The third-order valence-electron chi connectivity index (χ3n) is 5.11. The van der Waals surface area contributed by atoms with E-state index in [-0.39, 0.29) is 0 Å². The zero-order chi connectivity index (χ0) is 17.7. The number of hydrogen-bond acceptors (Lipinski definition) is 1. The quantitative estimate of drug-likeness (QED) is 0.373. The first-order valence-electron chi connectivity index (χ1n) is 8.84. The third-order valence-corrected chi connectivity index (χ3v) is 5.96. The highest BCUT2D eigenvalue weighted by molar-refractivity contribution is 9.10. The maximum Gasteiger partial charge on any atom is 0.163 e. The van der Waals surface area contributed by atoms with E-state index in [1.54, 1.807) is 0 Å². The normalized spacial score (nSPS) is 13.9. The average molecular weight is 427 g/mol. The molecule has 0 unspecified atom stereocenters. The van der Waals surface area contributed by atoms with Gasteiger partial charge >= 0.3 is 0 Å². The van der Waals surface area contributed by atoms with Gasteiger partial charge in [-0.15, -0.1) is 5.10 Å². The lowest BCUT2D eigenvalue weighted by Gasteiger charge is -2.07. The van der Waals surface area contributed by atoms with Crippen LogP contribution >= 0.6 is 27.5 Å². The molecule has 0 amide bonds. The fourth-order valence-electron chi connectivity index (χ4n) is 3.89. The fourth-order valence-corrected chi connectivity index (χ4v) is 4.37. The van der Waals surface area contributed by atoms with Crippen LogP contribution in [0.25, 0.3) is 28.2 Å². The molecule has 26 heavy (non-hydrogen) atoms. The molecule has 0 saturated heterocycles. The predicted octanol–water partition coefficient (Wildman–Crippen LogP) is 6.22. The Labute approximate surface area is 165 Å². The minimum atomic E-state index is 0.746. The van der Waals surface area contributed by atoms with Crippen molar-refractivity contribution >= 4 is 33.2 Å². The number of hydrogen-bond donors (Lipinski definition) is 0. The summed E-state index contributed by atoms with van der Waals surface area (Å²) in [5.41, 5.74) is 6.10. The van der Waals surface area contributed by atoms with Crippen molar-refractivity contribution in [2.24, 2.45) is 0 Å². The minimum Gasteiger partial charge on any atom is -0.309 e. The highest BCUT2D eigenvalue weighted by atomic mass is 79.9. The largest absolute Gasteiger partial charge is 0.309 e. The Morgan fingerprint density at radius 2 is 1.77 bits per heavy atom. The van der Waals surface area contributed by atoms with Crippen LogP contribution in [0.5, 0.6) is 0 Å². The first kappa shape index (κ1) is 16.2. The molecule has 0 saturated carbocycles. The number of rotatable bonds is 2. The Balaban J connectivity index is 1.75. The van der Waals surface area contributed by atoms with E-state index in [9.17, 15) is 0 Å². The molecule has 2 aromatic carbocycles. The van der Waals surface area contributed by atoms with Gasteiger partial charge in [0.05, 0.1) is 5.02 Å². The Kier molecular flexibility index (Phi) is 3.91. The van der Waals surface area contributed by atoms with Gasteiger partial charge in [-0.25, -0.2) is 4.52 Å². The van der Waals surface area contributed by atoms with E-state index in [1.807, 2.05) is 28.8 Å². The minimum absolute atomic E-state index is 0.746. The first-order valence-corrected chi connectivity index (χ1v) is 10.0. The number of halogens is 2. The van der Waals surface area contributed by atoms with Crippen molar-refractivity contribution in [3.05, 3.63) is 69.8 Å². The second-order valence-electron chi connectivity index (χ2n) is 6.71. The third kappa shape index (κ3) is 2.51. The molecule has 0 spiro atoms. The molecule has 0 N–H and O–H groups in total. The Morgan fingerprint density at radius 1 is 0.962 bits per heavy atom. The van der Waals surface area contributed by atoms with E-state index in [1.165, 1.54) is 28.8 Å². The van der Waals surface area contributed by atoms with Gasteiger partial charge < -0.3 is 4.57 Å². The number of aromatic nitrogens is 3. The van der Waals surface area contributed by atoms with Gasteiger partial charge in [0.15, 0.2) is 5.82 Å². The summed E-state index contributed by atoms with van der Waals surface area (Å²) in [7, 11) is 0. The Morgan fingerprint density at radius 3 is 2.58 bits per heavy atom. The zero-order valence-electron chi connectivity index (χ0n) is 14.1. The molecule has 0 atom stereocenters. The molecule has 130 valence electrons. The molecule has 2 aromatic heterocycles. The molecular weight excluding hydrogens is 410 g/mol. The summed E-state index contributed by atoms with van der Waals surface area (Å²) in [6, 6.07) is 16.5. The molecule has 0 aliphatic carbocycles. The van der Waals surface area contributed by atoms with Gasteiger partial charge in [0.2, 0.25) is 0 Å². The first-order chi connectivity index (χ1) is 12.7. The highest BCUT2D eigenvalue weighted by Gasteiger charge is 2.23. The van der Waals surface area contributed by atoms with E-state index < -0.39 is 0 Å². The number of nitrogens with zero attached hydrogens (tertiary/aromatic N) is 3. The number of benzene rings is 2. The van der Waals surface area contributed by atoms with Gasteiger partial charge in [-0.1, -0.05) is 51.8 Å². The topological polar surface area (TPSA) is 22.2 Å². The fraction of sp³-hybridized carbons (Fsp3) is 0.190. The molecule has 1 aliphatic heterocycles. The Hall–Kier alpha value is -2.04. The van der Waals surface area contributed by atoms with E-state index in [0.29, 0.717) is 0 Å². The summed E-state index contributed by atoms with van der Waals surface area (Å²) in [5, 5.41) is 5.65. The van der Waals surface area contributed by atoms with Crippen molar-refractivity contribution in [3.63, 3.8) is 0 Å². The molecule has 3 heterocycles. The van der Waals surface area contributed by atoms with Gasteiger partial charge in [0.1, 0.15) is 5.65 Å². The van der Waals surface area contributed by atoms with E-state index in [4.69, 9.17) is 16.7 Å². The van der Waals surface area contributed by atoms with Crippen LogP contribution < -0.4 is 0 Å². The monoisotopic (exact) mass is 425 g/mol. The molecule has 5 rings (SSSR count). The zero-order valence-corrected chi connectivity index (χ0v) is 16.5. The lowest BCUT2D eigenvalue weighted by Crippen LogP contribution is -2.00. The van der Waals surface area contributed by atoms with Crippen LogP contribution in [0.1, 0.15) is 18.4 Å². The molecule has 5 heteroatoms. The van der Waals surface area contributed by atoms with Crippen LogP contribution in [0, 0.1) is 0 Å². The molecule has 4 aromatic rings. The summed E-state index contributed by atoms with van der Waals surface area (Å²) in [6.45, 7) is 0.973. The molecule has 3 nitrogen and oxygen atoms in total. The van der Waals surface area contributed by atoms with Crippen LogP contribution in [0.3, 0.4) is 0 Å². The summed E-state index contributed by atoms with van der Waals surface area (Å²) < 4.78 is 5.47. The van der Waals surface area contributed by atoms with Crippen molar-refractivity contribution in [1.29, 1.82) is 0 Å². The van der Waals surface area contributed by atoms with Gasteiger partial charge in [-0.2, -0.15) is 0 Å². The van der Waals surface area contributed by atoms with Crippen molar-refractivity contribution in [3.8, 4) is 22.5 Å². The number of aryl methyl sites for hydroxylation is 2. The van der Waals surface area contributed by atoms with Gasteiger partial charge in [0.25, 0.3) is 0 Å². The van der Waals surface area contributed by atoms with Crippen LogP contribution in [-0.2, 0) is 13.0 Å². The van der Waals surface area contributed by atoms with Crippen molar-refractivity contribution < 1.29 is 0 Å². The summed E-state index contributed by atoms with van der Waals surface area (Å²) in [5.74, 6) is 0.955. The molecule has 1 aliphatic rings. The highest BCUT2D eigenvalue weighted by Crippen LogP contribution is 2.36. The van der Waals surface area contributed by atoms with E-state index in [2.05, 4.69) is 51.0 Å². The van der Waals surface area contributed by atoms with Crippen LogP contribution in [0.2, 0.25) is 5.02 Å². The average Bonchev–Trinajstić information content (AvgIpc) is 3.07. The van der Waals surface area contributed by atoms with Gasteiger partial charge in [-0.05, 0) is 49.1 Å². The lowest BCUT2D eigenvalue weighted by molar-refractivity contribution is 0.645. The standard InChI is InChI=1S/C21H17BrClN3/c22-15-10-8-14(9-11-15)18-13-26-21-16(18)5-3-4-12-25(21)20(24-26)17-6-1-2-7-19(17)23/h1-2,6-11,13H,3-5,12H2. The summed E-state index contributed by atoms with van der Waals surface area (Å²) >= 11 is 9.98. The second-order valence-corrected chi connectivity index (χ2v) is 8.03. The molecule has 0 fully saturated rings. The van der Waals surface area contributed by atoms with Crippen LogP contribution in [0.4, 0.5) is 0 Å². The van der Waals surface area contributed by atoms with E-state index >= 15 is 0 Å². The van der Waals surface area contributed by atoms with Gasteiger partial charge in [0, 0.05) is 33.9 Å². The predicted molar refractivity (Wildman–Crippen MR) is 110 cm³/mol. The second kappa shape index (κ2) is 6.29. The van der Waals surface area contributed by atoms with Crippen molar-refractivity contribution in [2.75, 3.05) is 0 Å². The van der Waals surface area contributed by atoms with Crippen molar-refractivity contribution in [1.82, 2.24) is 14.2 Å². The molecule has 0 radical (unpaired) electrons. The maximum atomic E-state index is 6.46. The smallest absolute Gasteiger partial charge is 0.163 e.